The molecule has 0 atom stereocenters. The van der Waals surface area contributed by atoms with E-state index in [4.69, 9.17) is 21.1 Å². The number of likely N-dealkylation sites (tertiary alicyclic amines) is 1. The fourth-order valence-corrected chi connectivity index (χ4v) is 2.78. The van der Waals surface area contributed by atoms with Gasteiger partial charge in [0.2, 0.25) is 0 Å². The van der Waals surface area contributed by atoms with Gasteiger partial charge in [0.05, 0.1) is 31.5 Å². The zero-order valence-electron chi connectivity index (χ0n) is 12.4. The maximum Gasteiger partial charge on any atom is 0.319 e. The van der Waals surface area contributed by atoms with Crippen molar-refractivity contribution in [2.24, 2.45) is 0 Å². The number of ether oxygens (including phenoxy) is 2. The predicted octanol–water partition coefficient (Wildman–Crippen LogP) is 2.40. The first-order valence-electron chi connectivity index (χ1n) is 7.02. The first-order chi connectivity index (χ1) is 10.1. The molecule has 1 aromatic carbocycles. The van der Waals surface area contributed by atoms with Crippen LogP contribution in [0.1, 0.15) is 12.8 Å². The summed E-state index contributed by atoms with van der Waals surface area (Å²) in [7, 11) is 3.04. The molecule has 0 saturated carbocycles. The number of nitrogens with one attached hydrogen (secondary N) is 1. The van der Waals surface area contributed by atoms with E-state index in [1.54, 1.807) is 7.11 Å². The molecule has 116 valence electrons. The Hall–Kier alpha value is -1.46. The molecule has 1 aliphatic heterocycles. The SMILES string of the molecule is COC(=O)CN1CCC(Nc2cccc(Cl)c2OC)CC1. The van der Waals surface area contributed by atoms with Gasteiger partial charge in [0.1, 0.15) is 0 Å². The lowest BCUT2D eigenvalue weighted by molar-refractivity contribution is -0.142. The van der Waals surface area contributed by atoms with Gasteiger partial charge in [-0.05, 0) is 25.0 Å². The fraction of sp³-hybridized carbons (Fsp3) is 0.533. The van der Waals surface area contributed by atoms with Gasteiger partial charge in [0.25, 0.3) is 0 Å². The number of carbonyl (C=O) groups excluding carboxylic acids is 1. The summed E-state index contributed by atoms with van der Waals surface area (Å²) >= 11 is 6.12. The van der Waals surface area contributed by atoms with Gasteiger partial charge in [0, 0.05) is 19.1 Å². The Morgan fingerprint density at radius 3 is 2.71 bits per heavy atom. The van der Waals surface area contributed by atoms with Crippen LogP contribution in [0.3, 0.4) is 0 Å². The smallest absolute Gasteiger partial charge is 0.319 e. The summed E-state index contributed by atoms with van der Waals surface area (Å²) in [5.74, 6) is 0.495. The Morgan fingerprint density at radius 2 is 2.10 bits per heavy atom. The van der Waals surface area contributed by atoms with Crippen molar-refractivity contribution in [2.75, 3.05) is 39.2 Å². The second kappa shape index (κ2) is 7.52. The molecule has 1 heterocycles. The van der Waals surface area contributed by atoms with Gasteiger partial charge >= 0.3 is 5.97 Å². The number of esters is 1. The lowest BCUT2D eigenvalue weighted by Gasteiger charge is -2.32. The second-order valence-corrected chi connectivity index (χ2v) is 5.50. The molecule has 1 saturated heterocycles. The molecule has 1 aliphatic rings. The summed E-state index contributed by atoms with van der Waals surface area (Å²) in [6, 6.07) is 6.03. The van der Waals surface area contributed by atoms with E-state index in [9.17, 15) is 4.79 Å². The van der Waals surface area contributed by atoms with Crippen molar-refractivity contribution in [2.45, 2.75) is 18.9 Å². The fourth-order valence-electron chi connectivity index (χ4n) is 2.53. The van der Waals surface area contributed by atoms with Crippen molar-refractivity contribution in [1.29, 1.82) is 0 Å². The van der Waals surface area contributed by atoms with Crippen LogP contribution in [0.5, 0.6) is 5.75 Å². The highest BCUT2D eigenvalue weighted by Crippen LogP contribution is 2.33. The number of nitrogens with zero attached hydrogens (tertiary/aromatic N) is 1. The molecule has 0 spiro atoms. The number of hydrogen-bond donors (Lipinski definition) is 1. The first kappa shape index (κ1) is 15.9. The number of halogens is 1. The van der Waals surface area contributed by atoms with E-state index in [1.807, 2.05) is 18.2 Å². The predicted molar refractivity (Wildman–Crippen MR) is 83.1 cm³/mol. The van der Waals surface area contributed by atoms with E-state index in [1.165, 1.54) is 7.11 Å². The van der Waals surface area contributed by atoms with Crippen molar-refractivity contribution in [3.63, 3.8) is 0 Å². The van der Waals surface area contributed by atoms with Gasteiger partial charge in [-0.25, -0.2) is 0 Å². The topological polar surface area (TPSA) is 50.8 Å². The zero-order valence-corrected chi connectivity index (χ0v) is 13.2. The number of methoxy groups -OCH3 is 2. The molecule has 1 N–H and O–H groups in total. The van der Waals surface area contributed by atoms with Gasteiger partial charge in [0.15, 0.2) is 5.75 Å². The Bertz CT molecular complexity index is 488. The van der Waals surface area contributed by atoms with Gasteiger partial charge in [-0.1, -0.05) is 17.7 Å². The number of benzene rings is 1. The molecule has 5 nitrogen and oxygen atoms in total. The van der Waals surface area contributed by atoms with Crippen molar-refractivity contribution in [3.8, 4) is 5.75 Å². The highest BCUT2D eigenvalue weighted by molar-refractivity contribution is 6.32. The normalized spacial score (nSPS) is 16.5. The number of hydrogen-bond acceptors (Lipinski definition) is 5. The molecule has 2 rings (SSSR count). The van der Waals surface area contributed by atoms with Gasteiger partial charge in [-0.3, -0.25) is 9.69 Å². The van der Waals surface area contributed by atoms with E-state index in [0.717, 1.165) is 31.6 Å². The Kier molecular flexibility index (Phi) is 5.70. The highest BCUT2D eigenvalue weighted by Gasteiger charge is 2.22. The zero-order chi connectivity index (χ0) is 15.2. The first-order valence-corrected chi connectivity index (χ1v) is 7.40. The summed E-state index contributed by atoms with van der Waals surface area (Å²) in [6.07, 6.45) is 1.93. The summed E-state index contributed by atoms with van der Waals surface area (Å²) in [4.78, 5) is 13.4. The largest absolute Gasteiger partial charge is 0.493 e. The molecule has 1 fully saturated rings. The van der Waals surface area contributed by atoms with Crippen molar-refractivity contribution in [1.82, 2.24) is 4.90 Å². The molecule has 0 aliphatic carbocycles. The molecular weight excluding hydrogens is 292 g/mol. The monoisotopic (exact) mass is 312 g/mol. The number of rotatable bonds is 5. The van der Waals surface area contributed by atoms with Crippen LogP contribution in [0.25, 0.3) is 0 Å². The van der Waals surface area contributed by atoms with E-state index in [-0.39, 0.29) is 5.97 Å². The second-order valence-electron chi connectivity index (χ2n) is 5.09. The third-order valence-corrected chi connectivity index (χ3v) is 4.00. The Labute approximate surface area is 130 Å². The standard InChI is InChI=1S/C15H21ClN2O3/c1-20-14(19)10-18-8-6-11(7-9-18)17-13-5-3-4-12(16)15(13)21-2/h3-5,11,17H,6-10H2,1-2H3. The quantitative estimate of drug-likeness (QED) is 0.846. The molecule has 0 bridgehead atoms. The maximum atomic E-state index is 11.3. The molecule has 21 heavy (non-hydrogen) atoms. The van der Waals surface area contributed by atoms with Crippen LogP contribution in [0.15, 0.2) is 18.2 Å². The lowest BCUT2D eigenvalue weighted by atomic mass is 10.0. The lowest BCUT2D eigenvalue weighted by Crippen LogP contribution is -2.41. The minimum Gasteiger partial charge on any atom is -0.493 e. The molecule has 0 radical (unpaired) electrons. The van der Waals surface area contributed by atoms with E-state index < -0.39 is 0 Å². The molecule has 0 amide bonds. The van der Waals surface area contributed by atoms with E-state index in [0.29, 0.717) is 23.4 Å². The van der Waals surface area contributed by atoms with Crippen LogP contribution in [0, 0.1) is 0 Å². The summed E-state index contributed by atoms with van der Waals surface area (Å²) < 4.78 is 10.0. The van der Waals surface area contributed by atoms with E-state index >= 15 is 0 Å². The van der Waals surface area contributed by atoms with Crippen LogP contribution < -0.4 is 10.1 Å². The number of piperidine rings is 1. The summed E-state index contributed by atoms with van der Waals surface area (Å²) in [5, 5.41) is 4.08. The molecule has 6 heteroatoms. The number of carbonyl (C=O) groups is 1. The minimum atomic E-state index is -0.182. The van der Waals surface area contributed by atoms with E-state index in [2.05, 4.69) is 10.2 Å². The van der Waals surface area contributed by atoms with Crippen molar-refractivity contribution in [3.05, 3.63) is 23.2 Å². The number of anilines is 1. The van der Waals surface area contributed by atoms with Crippen LogP contribution in [-0.4, -0.2) is 50.8 Å². The van der Waals surface area contributed by atoms with Crippen LogP contribution in [0.4, 0.5) is 5.69 Å². The summed E-state index contributed by atoms with van der Waals surface area (Å²) in [6.45, 7) is 2.11. The van der Waals surface area contributed by atoms with Gasteiger partial charge in [-0.2, -0.15) is 0 Å². The molecular formula is C15H21ClN2O3. The van der Waals surface area contributed by atoms with Gasteiger partial charge in [-0.15, -0.1) is 0 Å². The molecule has 1 aromatic rings. The Morgan fingerprint density at radius 1 is 1.38 bits per heavy atom. The van der Waals surface area contributed by atoms with Crippen LogP contribution in [0.2, 0.25) is 5.02 Å². The number of para-hydroxylation sites is 1. The minimum absolute atomic E-state index is 0.182. The third-order valence-electron chi connectivity index (χ3n) is 3.70. The maximum absolute atomic E-state index is 11.3. The average Bonchev–Trinajstić information content (AvgIpc) is 2.49. The van der Waals surface area contributed by atoms with Crippen LogP contribution in [-0.2, 0) is 9.53 Å². The van der Waals surface area contributed by atoms with Crippen LogP contribution >= 0.6 is 11.6 Å². The van der Waals surface area contributed by atoms with Crippen molar-refractivity contribution >= 4 is 23.3 Å². The third kappa shape index (κ3) is 4.25. The van der Waals surface area contributed by atoms with Gasteiger partial charge < -0.3 is 14.8 Å². The highest BCUT2D eigenvalue weighted by atomic mass is 35.5. The summed E-state index contributed by atoms with van der Waals surface area (Å²) in [5.41, 5.74) is 0.913. The molecule has 0 unspecified atom stereocenters. The Balaban J connectivity index is 1.89. The average molecular weight is 313 g/mol. The van der Waals surface area contributed by atoms with Crippen molar-refractivity contribution < 1.29 is 14.3 Å². The molecule has 0 aromatic heterocycles.